The minimum atomic E-state index is -3.46. The first kappa shape index (κ1) is 89.2. The molecule has 1 fully saturated rings. The van der Waals surface area contributed by atoms with Crippen molar-refractivity contribution in [3.63, 3.8) is 0 Å². The van der Waals surface area contributed by atoms with E-state index < -0.39 is 118 Å². The highest BCUT2D eigenvalue weighted by Crippen LogP contribution is 2.46. The zero-order chi connectivity index (χ0) is 83.8. The van der Waals surface area contributed by atoms with Crippen LogP contribution in [0.5, 0.6) is 5.75 Å². The number of aromatic nitrogens is 2. The van der Waals surface area contributed by atoms with Crippen molar-refractivity contribution in [1.82, 2.24) is 40.0 Å². The molecule has 5 heterocycles. The molecule has 10 rings (SSSR count). The maximum atomic E-state index is 15.6. The third kappa shape index (κ3) is 23.4. The Balaban J connectivity index is 0.781. The number of nitrogens with zero attached hydrogens (tertiary/aromatic N) is 4. The van der Waals surface area contributed by atoms with Crippen LogP contribution in [0.4, 0.5) is 19.7 Å². The molecule has 34 nitrogen and oxygen atoms in total. The number of amides is 5. The van der Waals surface area contributed by atoms with Crippen LogP contribution in [0.15, 0.2) is 89.7 Å². The van der Waals surface area contributed by atoms with E-state index in [0.717, 1.165) is 28.5 Å². The van der Waals surface area contributed by atoms with Crippen molar-refractivity contribution in [1.29, 1.82) is 0 Å². The monoisotopic (exact) mass is 1650 g/mol. The maximum Gasteiger partial charge on any atom is 0.510 e. The molecule has 36 heteroatoms. The topological polar surface area (TPSA) is 412 Å². The lowest BCUT2D eigenvalue weighted by Crippen LogP contribution is -2.57. The maximum absolute atomic E-state index is 15.6. The van der Waals surface area contributed by atoms with Gasteiger partial charge in [0, 0.05) is 98.1 Å². The smallest absolute Gasteiger partial charge is 0.494 e. The summed E-state index contributed by atoms with van der Waals surface area (Å²) in [5.74, 6) is -7.23. The summed E-state index contributed by atoms with van der Waals surface area (Å²) in [6.07, 6.45) is -2.46. The van der Waals surface area contributed by atoms with Crippen LogP contribution in [-0.4, -0.2) is 257 Å². The third-order valence-corrected chi connectivity index (χ3v) is 21.6. The van der Waals surface area contributed by atoms with Crippen LogP contribution in [-0.2, 0) is 123 Å². The van der Waals surface area contributed by atoms with Gasteiger partial charge in [-0.05, 0) is 77.8 Å². The number of aliphatic carboxylic acids is 1. The summed E-state index contributed by atoms with van der Waals surface area (Å²) in [4.78, 5) is 132. The summed E-state index contributed by atoms with van der Waals surface area (Å²) < 4.78 is 115. The van der Waals surface area contributed by atoms with E-state index in [4.69, 9.17) is 66.6 Å². The molecule has 4 aromatic carbocycles. The molecule has 0 radical (unpaired) electrons. The first-order chi connectivity index (χ1) is 56.3. The summed E-state index contributed by atoms with van der Waals surface area (Å²) >= 11 is 0. The normalized spacial score (nSPS) is 15.9. The van der Waals surface area contributed by atoms with Crippen molar-refractivity contribution in [3.05, 3.63) is 146 Å². The van der Waals surface area contributed by atoms with Crippen LogP contribution in [0.1, 0.15) is 102 Å². The number of hydrogen-bond donors (Lipinski definition) is 6. The number of pyridine rings is 2. The lowest BCUT2D eigenvalue weighted by molar-refractivity contribution is -0.175. The molecule has 3 aliphatic heterocycles. The molecule has 1 aliphatic carbocycles. The number of halogens is 1. The molecular formula is C81H102FN9O25S. The van der Waals surface area contributed by atoms with Crippen LogP contribution >= 0.6 is 0 Å². The van der Waals surface area contributed by atoms with Crippen molar-refractivity contribution in [3.8, 4) is 28.3 Å². The van der Waals surface area contributed by atoms with Crippen LogP contribution < -0.4 is 36.9 Å². The molecule has 0 bridgehead atoms. The fraction of sp³-hybridized carbons (Fsp3) is 0.506. The van der Waals surface area contributed by atoms with Gasteiger partial charge in [0.15, 0.2) is 11.6 Å². The molecule has 5 amide bonds. The number of carbonyl (C=O) groups is 8. The van der Waals surface area contributed by atoms with E-state index in [0.29, 0.717) is 102 Å². The van der Waals surface area contributed by atoms with Gasteiger partial charge in [0.25, 0.3) is 11.5 Å². The fourth-order valence-corrected chi connectivity index (χ4v) is 14.9. The number of ether oxygens (including phenoxy) is 13. The van der Waals surface area contributed by atoms with Gasteiger partial charge in [-0.25, -0.2) is 32.2 Å². The van der Waals surface area contributed by atoms with E-state index in [9.17, 15) is 56.7 Å². The SMILES string of the molecule is CC[C@@]1(OC(=O)OCc2ccc(NC(=O)[C@@H](C)NC(=O)[C@@H](NC(=O)C(CCC(=O)O)NC(=O)OCC3c4ccccc4-c4ccccc43)C(C)C)cc2C(=O)NCCOCCOCCOCCOCCOCCOCCOCCOC)C(=O)OCc2c1cc1n(c2=O)Cc2c-1nc1cc(F)c(OC)cc1c2CN1CCN(S(C)(=O)=O)CC1. The van der Waals surface area contributed by atoms with Crippen molar-refractivity contribution in [2.24, 2.45) is 5.92 Å². The third-order valence-electron chi connectivity index (χ3n) is 20.2. The van der Waals surface area contributed by atoms with E-state index in [1.54, 1.807) is 21.0 Å². The second kappa shape index (κ2) is 42.8. The average Bonchev–Trinajstić information content (AvgIpc) is 1.62. The highest BCUT2D eigenvalue weighted by molar-refractivity contribution is 7.88. The number of hydrogen-bond acceptors (Lipinski definition) is 26. The van der Waals surface area contributed by atoms with Crippen molar-refractivity contribution >= 4 is 74.4 Å². The molecule has 634 valence electrons. The predicted octanol–water partition coefficient (Wildman–Crippen LogP) is 5.51. The van der Waals surface area contributed by atoms with E-state index in [1.807, 2.05) is 53.4 Å². The number of alkyl carbamates (subject to hydrolysis) is 1. The van der Waals surface area contributed by atoms with E-state index >= 15 is 4.39 Å². The summed E-state index contributed by atoms with van der Waals surface area (Å²) in [5.41, 5.74) is 2.88. The Bertz CT molecular complexity index is 4650. The number of fused-ring (bicyclic) bond motifs is 8. The molecule has 1 saturated heterocycles. The lowest BCUT2D eigenvalue weighted by atomic mass is 9.85. The molecule has 4 aliphatic rings. The second-order valence-electron chi connectivity index (χ2n) is 28.4. The van der Waals surface area contributed by atoms with Gasteiger partial charge in [-0.15, -0.1) is 0 Å². The highest BCUT2D eigenvalue weighted by atomic mass is 32.2. The van der Waals surface area contributed by atoms with Gasteiger partial charge in [0.1, 0.15) is 37.9 Å². The van der Waals surface area contributed by atoms with Gasteiger partial charge in [0.2, 0.25) is 33.3 Å². The van der Waals surface area contributed by atoms with Crippen LogP contribution in [0.25, 0.3) is 33.4 Å². The number of esters is 1. The van der Waals surface area contributed by atoms with Gasteiger partial charge in [-0.2, -0.15) is 4.31 Å². The first-order valence-corrected chi connectivity index (χ1v) is 40.5. The van der Waals surface area contributed by atoms with Crippen LogP contribution in [0, 0.1) is 11.7 Å². The van der Waals surface area contributed by atoms with Crippen LogP contribution in [0.3, 0.4) is 0 Å². The molecule has 1 unspecified atom stereocenters. The van der Waals surface area contributed by atoms with E-state index in [2.05, 4.69) is 26.6 Å². The highest BCUT2D eigenvalue weighted by Gasteiger charge is 2.51. The molecule has 117 heavy (non-hydrogen) atoms. The van der Waals surface area contributed by atoms with Gasteiger partial charge in [-0.3, -0.25) is 33.7 Å². The second-order valence-corrected chi connectivity index (χ2v) is 30.4. The Labute approximate surface area is 676 Å². The number of piperazine rings is 1. The Morgan fingerprint density at radius 1 is 0.701 bits per heavy atom. The summed E-state index contributed by atoms with van der Waals surface area (Å²) in [7, 11) is -0.528. The standard InChI is InChI=1S/C81H102FN9O25S/c1-8-81(64-43-68-72-61(46-91(68)77(98)63(64)49-113-78(81)99)60(45-89-22-24-90(25-23-89)117(7,102)103)59-42-69(105-6)65(82)44-67(59)86-72)116-80(101)115-47-52-17-18-53(41-58(52)74(95)83-21-26-106-29-30-108-33-34-110-37-38-112-40-39-111-36-35-109-32-31-107-28-27-104-5)85-73(94)51(4)84-76(97)71(50(2)3)88-75(96)66(19-20-70(92)93)87-79(100)114-48-62-56-15-11-9-13-54(56)55-14-10-12-16-57(55)62/h9-18,41-44,50-51,62,66,71H,8,19-40,45-49H2,1-7H3,(H,83,95)(H,84,97)(H,85,94)(H,87,100)(H,88,96)(H,92,93)/t51-,66?,71+,81+/m1/s1. The number of anilines is 1. The number of carbonyl (C=O) groups excluding carboxylic acids is 7. The number of carboxylic acid groups (broad SMARTS) is 1. The molecule has 0 spiro atoms. The Hall–Kier alpha value is -10.1. The molecule has 6 N–H and O–H groups in total. The Morgan fingerprint density at radius 2 is 1.30 bits per heavy atom. The summed E-state index contributed by atoms with van der Waals surface area (Å²) in [5, 5.41) is 23.3. The van der Waals surface area contributed by atoms with Crippen molar-refractivity contribution in [2.45, 2.75) is 103 Å². The van der Waals surface area contributed by atoms with E-state index in [1.165, 1.54) is 66.2 Å². The van der Waals surface area contributed by atoms with Crippen molar-refractivity contribution in [2.75, 3.05) is 164 Å². The molecule has 2 aromatic heterocycles. The van der Waals surface area contributed by atoms with Crippen LogP contribution in [0.2, 0.25) is 0 Å². The Morgan fingerprint density at radius 3 is 1.87 bits per heavy atom. The molecule has 6 aromatic rings. The first-order valence-electron chi connectivity index (χ1n) is 38.7. The van der Waals surface area contributed by atoms with Gasteiger partial charge < -0.3 is 97.8 Å². The zero-order valence-electron chi connectivity index (χ0n) is 66.6. The van der Waals surface area contributed by atoms with Gasteiger partial charge >= 0.3 is 24.2 Å². The predicted molar refractivity (Wildman–Crippen MR) is 420 cm³/mol. The number of carboxylic acids is 1. The minimum absolute atomic E-state index is 0.00877. The number of benzene rings is 4. The van der Waals surface area contributed by atoms with Gasteiger partial charge in [0.05, 0.1) is 141 Å². The molecule has 0 saturated carbocycles. The number of cyclic esters (lactones) is 1. The summed E-state index contributed by atoms with van der Waals surface area (Å²) in [6, 6.07) is 19.6. The van der Waals surface area contributed by atoms with E-state index in [-0.39, 0.29) is 135 Å². The number of methoxy groups -OCH3 is 2. The van der Waals surface area contributed by atoms with Crippen molar-refractivity contribution < 1.29 is 118 Å². The fourth-order valence-electron chi connectivity index (χ4n) is 14.0. The summed E-state index contributed by atoms with van der Waals surface area (Å²) in [6.45, 7) is 11.4. The zero-order valence-corrected chi connectivity index (χ0v) is 67.4. The number of rotatable bonds is 46. The van der Waals surface area contributed by atoms with Gasteiger partial charge in [-0.1, -0.05) is 75.4 Å². The minimum Gasteiger partial charge on any atom is -0.494 e. The Kier molecular flexibility index (Phi) is 32.7. The largest absolute Gasteiger partial charge is 0.510 e. The number of nitrogens with one attached hydrogen (secondary N) is 5. The quantitative estimate of drug-likeness (QED) is 0.0155. The number of sulfonamides is 1. The molecule has 4 atom stereocenters. The average molecular weight is 1650 g/mol. The lowest BCUT2D eigenvalue weighted by Gasteiger charge is -2.35. The molecular weight excluding hydrogens is 1550 g/mol.